The van der Waals surface area contributed by atoms with E-state index in [9.17, 15) is 4.79 Å². The molecule has 21 heavy (non-hydrogen) atoms. The van der Waals surface area contributed by atoms with Gasteiger partial charge in [0.15, 0.2) is 0 Å². The Labute approximate surface area is 128 Å². The highest BCUT2D eigenvalue weighted by Crippen LogP contribution is 2.33. The summed E-state index contributed by atoms with van der Waals surface area (Å²) >= 11 is 0. The number of piperidine rings is 1. The van der Waals surface area contributed by atoms with Crippen LogP contribution in [-0.2, 0) is 11.2 Å². The first-order valence-corrected chi connectivity index (χ1v) is 8.31. The summed E-state index contributed by atoms with van der Waals surface area (Å²) in [6.07, 6.45) is 6.33. The Balaban J connectivity index is 2.04. The molecule has 1 aliphatic rings. The number of hydrogen-bond donors (Lipinski definition) is 2. The van der Waals surface area contributed by atoms with Crippen LogP contribution in [0, 0.1) is 5.41 Å². The number of hydrogen-bond acceptors (Lipinski definition) is 2. The Bertz CT molecular complexity index is 441. The van der Waals surface area contributed by atoms with Gasteiger partial charge in [-0.25, -0.2) is 0 Å². The topological polar surface area (TPSA) is 41.1 Å². The lowest BCUT2D eigenvalue weighted by atomic mass is 9.76. The summed E-state index contributed by atoms with van der Waals surface area (Å²) in [7, 11) is 0. The third-order valence-electron chi connectivity index (χ3n) is 4.43. The van der Waals surface area contributed by atoms with E-state index in [1.165, 1.54) is 5.56 Å². The molecule has 1 aliphatic heterocycles. The highest BCUT2D eigenvalue weighted by atomic mass is 16.2. The summed E-state index contributed by atoms with van der Waals surface area (Å²) < 4.78 is 0. The van der Waals surface area contributed by atoms with E-state index in [1.54, 1.807) is 0 Å². The normalized spacial score (nSPS) is 22.0. The molecule has 3 heteroatoms. The van der Waals surface area contributed by atoms with Crippen molar-refractivity contribution >= 4 is 11.6 Å². The quantitative estimate of drug-likeness (QED) is 0.837. The molecule has 1 aromatic carbocycles. The van der Waals surface area contributed by atoms with E-state index in [-0.39, 0.29) is 11.3 Å². The SMILES string of the molecule is CCCc1ccc(NC(=O)C2(CCC)CCCNC2)cc1. The Morgan fingerprint density at radius 3 is 2.57 bits per heavy atom. The average Bonchev–Trinajstić information content (AvgIpc) is 2.51. The van der Waals surface area contributed by atoms with Gasteiger partial charge in [0.05, 0.1) is 5.41 Å². The zero-order valence-electron chi connectivity index (χ0n) is 13.4. The Morgan fingerprint density at radius 2 is 2.00 bits per heavy atom. The van der Waals surface area contributed by atoms with Crippen LogP contribution >= 0.6 is 0 Å². The number of rotatable bonds is 6. The summed E-state index contributed by atoms with van der Waals surface area (Å²) in [4.78, 5) is 12.7. The van der Waals surface area contributed by atoms with Crippen LogP contribution in [0.5, 0.6) is 0 Å². The van der Waals surface area contributed by atoms with Crippen molar-refractivity contribution in [2.45, 2.75) is 52.4 Å². The molecule has 1 unspecified atom stereocenters. The minimum Gasteiger partial charge on any atom is -0.326 e. The van der Waals surface area contributed by atoms with Crippen molar-refractivity contribution in [1.29, 1.82) is 0 Å². The number of carbonyl (C=O) groups excluding carboxylic acids is 1. The molecule has 0 bridgehead atoms. The molecule has 2 N–H and O–H groups in total. The Hall–Kier alpha value is -1.35. The second-order valence-electron chi connectivity index (χ2n) is 6.21. The van der Waals surface area contributed by atoms with E-state index in [1.807, 2.05) is 12.1 Å². The molecule has 1 fully saturated rings. The zero-order valence-corrected chi connectivity index (χ0v) is 13.4. The van der Waals surface area contributed by atoms with Gasteiger partial charge in [-0.3, -0.25) is 4.79 Å². The second kappa shape index (κ2) is 7.60. The van der Waals surface area contributed by atoms with Crippen molar-refractivity contribution in [3.63, 3.8) is 0 Å². The maximum atomic E-state index is 12.7. The van der Waals surface area contributed by atoms with Gasteiger partial charge in [-0.1, -0.05) is 38.8 Å². The summed E-state index contributed by atoms with van der Waals surface area (Å²) in [5.74, 6) is 0.180. The maximum absolute atomic E-state index is 12.7. The van der Waals surface area contributed by atoms with Crippen LogP contribution in [0.1, 0.15) is 51.5 Å². The third-order valence-corrected chi connectivity index (χ3v) is 4.43. The van der Waals surface area contributed by atoms with Crippen molar-refractivity contribution in [3.8, 4) is 0 Å². The largest absolute Gasteiger partial charge is 0.326 e. The van der Waals surface area contributed by atoms with Crippen molar-refractivity contribution in [1.82, 2.24) is 5.32 Å². The van der Waals surface area contributed by atoms with Gasteiger partial charge in [-0.05, 0) is 49.9 Å². The van der Waals surface area contributed by atoms with Gasteiger partial charge in [-0.15, -0.1) is 0 Å². The Morgan fingerprint density at radius 1 is 1.24 bits per heavy atom. The van der Waals surface area contributed by atoms with Crippen LogP contribution in [0.3, 0.4) is 0 Å². The number of anilines is 1. The molecule has 0 aromatic heterocycles. The highest BCUT2D eigenvalue weighted by molar-refractivity contribution is 5.95. The standard InChI is InChI=1S/C18H28N2O/c1-3-6-15-7-9-16(10-8-15)20-17(21)18(11-4-2)12-5-13-19-14-18/h7-10,19H,3-6,11-14H2,1-2H3,(H,20,21). The Kier molecular flexibility index (Phi) is 5.80. The number of aryl methyl sites for hydroxylation is 1. The molecule has 0 spiro atoms. The first kappa shape index (κ1) is 16.0. The maximum Gasteiger partial charge on any atom is 0.231 e. The van der Waals surface area contributed by atoms with Gasteiger partial charge in [-0.2, -0.15) is 0 Å². The van der Waals surface area contributed by atoms with Crippen molar-refractivity contribution in [2.24, 2.45) is 5.41 Å². The van der Waals surface area contributed by atoms with Gasteiger partial charge < -0.3 is 10.6 Å². The van der Waals surface area contributed by atoms with Gasteiger partial charge in [0.25, 0.3) is 0 Å². The fraction of sp³-hybridized carbons (Fsp3) is 0.611. The van der Waals surface area contributed by atoms with E-state index in [0.29, 0.717) is 0 Å². The number of amides is 1. The molecule has 1 heterocycles. The first-order chi connectivity index (χ1) is 10.2. The number of carbonyl (C=O) groups is 1. The summed E-state index contributed by atoms with van der Waals surface area (Å²) in [5.41, 5.74) is 2.02. The molecule has 116 valence electrons. The molecule has 0 saturated carbocycles. The van der Waals surface area contributed by atoms with E-state index < -0.39 is 0 Å². The predicted octanol–water partition coefficient (Wildman–Crippen LogP) is 3.75. The van der Waals surface area contributed by atoms with Crippen LogP contribution in [0.15, 0.2) is 24.3 Å². The highest BCUT2D eigenvalue weighted by Gasteiger charge is 2.38. The lowest BCUT2D eigenvalue weighted by Gasteiger charge is -2.36. The molecule has 3 nitrogen and oxygen atoms in total. The van der Waals surface area contributed by atoms with Crippen LogP contribution in [-0.4, -0.2) is 19.0 Å². The third kappa shape index (κ3) is 4.07. The minimum atomic E-state index is -0.227. The van der Waals surface area contributed by atoms with Crippen molar-refractivity contribution in [3.05, 3.63) is 29.8 Å². The number of nitrogens with one attached hydrogen (secondary N) is 2. The lowest BCUT2D eigenvalue weighted by molar-refractivity contribution is -0.127. The molecule has 1 amide bonds. The number of benzene rings is 1. The fourth-order valence-electron chi connectivity index (χ4n) is 3.27. The molecule has 1 aromatic rings. The van der Waals surface area contributed by atoms with Crippen molar-refractivity contribution < 1.29 is 4.79 Å². The van der Waals surface area contributed by atoms with Gasteiger partial charge >= 0.3 is 0 Å². The van der Waals surface area contributed by atoms with E-state index in [4.69, 9.17) is 0 Å². The monoisotopic (exact) mass is 288 g/mol. The molecule has 1 atom stereocenters. The van der Waals surface area contributed by atoms with Crippen LogP contribution in [0.4, 0.5) is 5.69 Å². The van der Waals surface area contributed by atoms with Crippen LogP contribution < -0.4 is 10.6 Å². The molecule has 0 radical (unpaired) electrons. The summed E-state index contributed by atoms with van der Waals surface area (Å²) in [6.45, 7) is 6.18. The minimum absolute atomic E-state index is 0.180. The molecular formula is C18H28N2O. The van der Waals surface area contributed by atoms with E-state index in [0.717, 1.165) is 57.3 Å². The molecular weight excluding hydrogens is 260 g/mol. The zero-order chi connectivity index (χ0) is 15.1. The molecule has 0 aliphatic carbocycles. The van der Waals surface area contributed by atoms with E-state index in [2.05, 4.69) is 36.6 Å². The smallest absolute Gasteiger partial charge is 0.231 e. The van der Waals surface area contributed by atoms with Crippen molar-refractivity contribution in [2.75, 3.05) is 18.4 Å². The fourth-order valence-corrected chi connectivity index (χ4v) is 3.27. The van der Waals surface area contributed by atoms with E-state index >= 15 is 0 Å². The first-order valence-electron chi connectivity index (χ1n) is 8.31. The summed E-state index contributed by atoms with van der Waals surface area (Å²) in [6, 6.07) is 8.28. The summed E-state index contributed by atoms with van der Waals surface area (Å²) in [5, 5.41) is 6.52. The van der Waals surface area contributed by atoms with Gasteiger partial charge in [0.1, 0.15) is 0 Å². The molecule has 1 saturated heterocycles. The second-order valence-corrected chi connectivity index (χ2v) is 6.21. The van der Waals surface area contributed by atoms with Crippen LogP contribution in [0.2, 0.25) is 0 Å². The van der Waals surface area contributed by atoms with Gasteiger partial charge in [0, 0.05) is 12.2 Å². The van der Waals surface area contributed by atoms with Gasteiger partial charge in [0.2, 0.25) is 5.91 Å². The predicted molar refractivity (Wildman–Crippen MR) is 88.5 cm³/mol. The molecule has 2 rings (SSSR count). The lowest BCUT2D eigenvalue weighted by Crippen LogP contribution is -2.48. The average molecular weight is 288 g/mol. The van der Waals surface area contributed by atoms with Crippen LogP contribution in [0.25, 0.3) is 0 Å².